The summed E-state index contributed by atoms with van der Waals surface area (Å²) < 4.78 is 7.60. The largest absolute Gasteiger partial charge is 0.491 e. The van der Waals surface area contributed by atoms with Gasteiger partial charge in [0.15, 0.2) is 0 Å². The molecule has 0 radical (unpaired) electrons. The zero-order chi connectivity index (χ0) is 14.4. The number of halogens is 2. The van der Waals surface area contributed by atoms with E-state index in [1.54, 1.807) is 0 Å². The van der Waals surface area contributed by atoms with Crippen LogP contribution in [-0.2, 0) is 0 Å². The molecule has 2 aromatic rings. The fraction of sp³-hybridized carbons (Fsp3) is 0.200. The molecule has 2 aromatic carbocycles. The van der Waals surface area contributed by atoms with Gasteiger partial charge in [0.1, 0.15) is 11.4 Å². The standard InChI is InChI=1S/C15H14Br2N2O/c1-2-8-20-15-7-6-12(17)10-14(15)19-18-13-5-3-4-11(16)9-13/h3-7,9-10H,2,8H2,1H3. The van der Waals surface area contributed by atoms with Crippen molar-refractivity contribution in [3.05, 3.63) is 51.4 Å². The van der Waals surface area contributed by atoms with E-state index in [1.165, 1.54) is 0 Å². The Kier molecular flexibility index (Phi) is 5.73. The second-order valence-corrected chi connectivity index (χ2v) is 5.97. The Hall–Kier alpha value is -1.20. The molecule has 3 nitrogen and oxygen atoms in total. The number of benzene rings is 2. The van der Waals surface area contributed by atoms with Gasteiger partial charge in [-0.05, 0) is 42.8 Å². The van der Waals surface area contributed by atoms with Crippen LogP contribution in [0, 0.1) is 0 Å². The van der Waals surface area contributed by atoms with Crippen LogP contribution in [0.1, 0.15) is 13.3 Å². The highest BCUT2D eigenvalue weighted by molar-refractivity contribution is 9.10. The zero-order valence-corrected chi connectivity index (χ0v) is 14.2. The summed E-state index contributed by atoms with van der Waals surface area (Å²) in [7, 11) is 0. The maximum absolute atomic E-state index is 5.67. The summed E-state index contributed by atoms with van der Waals surface area (Å²) in [6.07, 6.45) is 0.957. The number of hydrogen-bond acceptors (Lipinski definition) is 3. The van der Waals surface area contributed by atoms with Gasteiger partial charge in [-0.2, -0.15) is 5.11 Å². The second-order valence-electron chi connectivity index (χ2n) is 4.14. The van der Waals surface area contributed by atoms with E-state index in [9.17, 15) is 0 Å². The molecule has 2 rings (SSSR count). The second kappa shape index (κ2) is 7.55. The fourth-order valence-corrected chi connectivity index (χ4v) is 2.29. The predicted octanol–water partition coefficient (Wildman–Crippen LogP) is 6.42. The lowest BCUT2D eigenvalue weighted by atomic mass is 10.3. The number of azo groups is 1. The molecule has 5 heteroatoms. The third kappa shape index (κ3) is 4.42. The van der Waals surface area contributed by atoms with Crippen molar-refractivity contribution in [3.8, 4) is 5.75 Å². The van der Waals surface area contributed by atoms with E-state index in [2.05, 4.69) is 49.0 Å². The van der Waals surface area contributed by atoms with Gasteiger partial charge in [-0.1, -0.05) is 44.8 Å². The van der Waals surface area contributed by atoms with Gasteiger partial charge in [0.05, 0.1) is 12.3 Å². The van der Waals surface area contributed by atoms with Gasteiger partial charge in [0.25, 0.3) is 0 Å². The van der Waals surface area contributed by atoms with Crippen molar-refractivity contribution in [2.45, 2.75) is 13.3 Å². The van der Waals surface area contributed by atoms with Crippen molar-refractivity contribution in [2.75, 3.05) is 6.61 Å². The molecular formula is C15H14Br2N2O. The number of nitrogens with zero attached hydrogens (tertiary/aromatic N) is 2. The van der Waals surface area contributed by atoms with Gasteiger partial charge in [0.2, 0.25) is 0 Å². The van der Waals surface area contributed by atoms with E-state index in [4.69, 9.17) is 4.74 Å². The molecule has 0 saturated heterocycles. The molecule has 0 N–H and O–H groups in total. The van der Waals surface area contributed by atoms with E-state index in [0.717, 1.165) is 26.8 Å². The first-order valence-electron chi connectivity index (χ1n) is 6.28. The summed E-state index contributed by atoms with van der Waals surface area (Å²) in [5, 5.41) is 8.52. The molecule has 0 aliphatic carbocycles. The molecular weight excluding hydrogens is 384 g/mol. The smallest absolute Gasteiger partial charge is 0.146 e. The lowest BCUT2D eigenvalue weighted by Gasteiger charge is -2.07. The van der Waals surface area contributed by atoms with E-state index in [-0.39, 0.29) is 0 Å². The fourth-order valence-electron chi connectivity index (χ4n) is 1.55. The normalized spacial score (nSPS) is 10.9. The molecule has 20 heavy (non-hydrogen) atoms. The Labute approximate surface area is 135 Å². The van der Waals surface area contributed by atoms with Crippen LogP contribution < -0.4 is 4.74 Å². The van der Waals surface area contributed by atoms with E-state index >= 15 is 0 Å². The van der Waals surface area contributed by atoms with Gasteiger partial charge in [0, 0.05) is 8.95 Å². The minimum atomic E-state index is 0.668. The Morgan fingerprint density at radius 3 is 2.55 bits per heavy atom. The van der Waals surface area contributed by atoms with Crippen LogP contribution in [0.5, 0.6) is 5.75 Å². The molecule has 0 aliphatic rings. The molecule has 0 amide bonds. The Morgan fingerprint density at radius 1 is 1.00 bits per heavy atom. The van der Waals surface area contributed by atoms with Crippen molar-refractivity contribution in [1.29, 1.82) is 0 Å². The quantitative estimate of drug-likeness (QED) is 0.536. The van der Waals surface area contributed by atoms with Crippen LogP contribution in [0.3, 0.4) is 0 Å². The monoisotopic (exact) mass is 396 g/mol. The minimum Gasteiger partial charge on any atom is -0.491 e. The van der Waals surface area contributed by atoms with Gasteiger partial charge in [-0.3, -0.25) is 0 Å². The Morgan fingerprint density at radius 2 is 1.80 bits per heavy atom. The maximum Gasteiger partial charge on any atom is 0.146 e. The molecule has 0 unspecified atom stereocenters. The molecule has 0 spiro atoms. The van der Waals surface area contributed by atoms with E-state index in [0.29, 0.717) is 12.3 Å². The molecule has 0 aliphatic heterocycles. The molecule has 0 bridgehead atoms. The molecule has 0 atom stereocenters. The highest BCUT2D eigenvalue weighted by atomic mass is 79.9. The maximum atomic E-state index is 5.67. The van der Waals surface area contributed by atoms with Gasteiger partial charge in [-0.15, -0.1) is 5.11 Å². The average molecular weight is 398 g/mol. The van der Waals surface area contributed by atoms with Crippen molar-refractivity contribution in [2.24, 2.45) is 10.2 Å². The van der Waals surface area contributed by atoms with Gasteiger partial charge in [-0.25, -0.2) is 0 Å². The average Bonchev–Trinajstić information content (AvgIpc) is 2.44. The predicted molar refractivity (Wildman–Crippen MR) is 88.2 cm³/mol. The first kappa shape index (κ1) is 15.2. The van der Waals surface area contributed by atoms with Crippen LogP contribution in [0.15, 0.2) is 61.6 Å². The molecule has 0 fully saturated rings. The highest BCUT2D eigenvalue weighted by Gasteiger charge is 2.04. The van der Waals surface area contributed by atoms with Crippen LogP contribution in [-0.4, -0.2) is 6.61 Å². The van der Waals surface area contributed by atoms with Gasteiger partial charge >= 0.3 is 0 Å². The summed E-state index contributed by atoms with van der Waals surface area (Å²) in [6, 6.07) is 13.4. The van der Waals surface area contributed by atoms with Crippen molar-refractivity contribution in [3.63, 3.8) is 0 Å². The summed E-state index contributed by atoms with van der Waals surface area (Å²) in [6.45, 7) is 2.74. The Bertz CT molecular complexity index is 615. The summed E-state index contributed by atoms with van der Waals surface area (Å²) in [5.74, 6) is 0.744. The Balaban J connectivity index is 2.25. The van der Waals surface area contributed by atoms with E-state index in [1.807, 2.05) is 42.5 Å². The summed E-state index contributed by atoms with van der Waals surface area (Å²) in [5.41, 5.74) is 1.51. The third-order valence-electron chi connectivity index (χ3n) is 2.46. The van der Waals surface area contributed by atoms with Crippen molar-refractivity contribution >= 4 is 43.2 Å². The highest BCUT2D eigenvalue weighted by Crippen LogP contribution is 2.32. The zero-order valence-electron chi connectivity index (χ0n) is 11.0. The third-order valence-corrected chi connectivity index (χ3v) is 3.45. The summed E-state index contributed by atoms with van der Waals surface area (Å²) in [4.78, 5) is 0. The van der Waals surface area contributed by atoms with Crippen LogP contribution in [0.4, 0.5) is 11.4 Å². The number of rotatable bonds is 5. The molecule has 104 valence electrons. The first-order chi connectivity index (χ1) is 9.69. The lowest BCUT2D eigenvalue weighted by molar-refractivity contribution is 0.318. The lowest BCUT2D eigenvalue weighted by Crippen LogP contribution is -1.94. The van der Waals surface area contributed by atoms with Crippen LogP contribution in [0.2, 0.25) is 0 Å². The van der Waals surface area contributed by atoms with Gasteiger partial charge < -0.3 is 4.74 Å². The number of hydrogen-bond donors (Lipinski definition) is 0. The molecule has 0 saturated carbocycles. The topological polar surface area (TPSA) is 34.0 Å². The van der Waals surface area contributed by atoms with Crippen molar-refractivity contribution in [1.82, 2.24) is 0 Å². The van der Waals surface area contributed by atoms with E-state index < -0.39 is 0 Å². The summed E-state index contributed by atoms with van der Waals surface area (Å²) >= 11 is 6.85. The first-order valence-corrected chi connectivity index (χ1v) is 7.87. The van der Waals surface area contributed by atoms with Crippen molar-refractivity contribution < 1.29 is 4.74 Å². The van der Waals surface area contributed by atoms with Crippen LogP contribution in [0.25, 0.3) is 0 Å². The molecule has 0 heterocycles. The van der Waals surface area contributed by atoms with Crippen LogP contribution >= 0.6 is 31.9 Å². The minimum absolute atomic E-state index is 0.668. The SMILES string of the molecule is CCCOc1ccc(Br)cc1N=Nc1cccc(Br)c1. The molecule has 0 aromatic heterocycles. The number of ether oxygens (including phenoxy) is 1.